The smallest absolute Gasteiger partial charge is 0.283 e. The maximum Gasteiger partial charge on any atom is 0.283 e. The molecule has 0 saturated carbocycles. The maximum atomic E-state index is 12.3. The molecule has 0 fully saturated rings. The highest BCUT2D eigenvalue weighted by molar-refractivity contribution is 7.89. The Morgan fingerprint density at radius 1 is 1.10 bits per heavy atom. The summed E-state index contributed by atoms with van der Waals surface area (Å²) in [6, 6.07) is 13.2. The average Bonchev–Trinajstić information content (AvgIpc) is 2.71. The van der Waals surface area contributed by atoms with Crippen molar-refractivity contribution < 1.29 is 22.7 Å². The number of carbonyl (C=O) groups is 1. The Labute approximate surface area is 174 Å². The van der Waals surface area contributed by atoms with Crippen molar-refractivity contribution in [2.75, 3.05) is 26.0 Å². The summed E-state index contributed by atoms with van der Waals surface area (Å²) in [7, 11) is -0.668. The third-order valence-electron chi connectivity index (χ3n) is 3.97. The van der Waals surface area contributed by atoms with Crippen molar-refractivity contribution in [2.45, 2.75) is 11.0 Å². The first-order valence-electron chi connectivity index (χ1n) is 8.55. The minimum Gasteiger partial charge on any atom is -0.485 e. The molecule has 154 valence electrons. The first-order chi connectivity index (χ1) is 13.8. The van der Waals surface area contributed by atoms with E-state index in [4.69, 9.17) is 21.7 Å². The number of thiocarbonyl (C=S) groups is 1. The van der Waals surface area contributed by atoms with Gasteiger partial charge in [-0.1, -0.05) is 18.2 Å². The summed E-state index contributed by atoms with van der Waals surface area (Å²) in [4.78, 5) is 12.4. The quantitative estimate of drug-likeness (QED) is 0.483. The number of amides is 1. The summed E-state index contributed by atoms with van der Waals surface area (Å²) in [6.07, 6.45) is -0.839. The minimum atomic E-state index is -3.57. The molecule has 0 saturated heterocycles. The lowest BCUT2D eigenvalue weighted by molar-refractivity contribution is -0.130. The molecule has 0 aromatic heterocycles. The van der Waals surface area contributed by atoms with Gasteiger partial charge in [-0.3, -0.25) is 15.6 Å². The second-order valence-electron chi connectivity index (χ2n) is 6.25. The highest BCUT2D eigenvalue weighted by atomic mass is 32.2. The molecule has 3 N–H and O–H groups in total. The number of hydrazine groups is 1. The first kappa shape index (κ1) is 20.8. The summed E-state index contributed by atoms with van der Waals surface area (Å²) in [5, 5.41) is 2.90. The van der Waals surface area contributed by atoms with Crippen LogP contribution in [0, 0.1) is 0 Å². The minimum absolute atomic E-state index is 0.0646. The highest BCUT2D eigenvalue weighted by Gasteiger charge is 2.27. The van der Waals surface area contributed by atoms with Gasteiger partial charge in [0.1, 0.15) is 6.61 Å². The lowest BCUT2D eigenvalue weighted by Crippen LogP contribution is -2.51. The van der Waals surface area contributed by atoms with Gasteiger partial charge >= 0.3 is 0 Å². The number of rotatable bonds is 4. The number of nitrogens with one attached hydrogen (secondary N) is 3. The number of para-hydroxylation sites is 2. The Kier molecular flexibility index (Phi) is 6.20. The van der Waals surface area contributed by atoms with Crippen LogP contribution in [0.15, 0.2) is 53.4 Å². The van der Waals surface area contributed by atoms with Crippen LogP contribution in [-0.4, -0.2) is 50.5 Å². The predicted octanol–water partition coefficient (Wildman–Crippen LogP) is 1.09. The van der Waals surface area contributed by atoms with Crippen LogP contribution < -0.4 is 25.6 Å². The molecule has 3 rings (SSSR count). The standard InChI is InChI=1S/C18H20N4O5S2/c1-22(2)29(24,25)13-7-5-6-12(10-13)19-18(28)21-20-17(23)16-11-26-14-8-3-4-9-15(14)27-16/h3-10,16H,11H2,1-2H3,(H,20,23)(H2,19,21,28). The molecule has 0 spiro atoms. The van der Waals surface area contributed by atoms with E-state index in [1.807, 2.05) is 6.07 Å². The fourth-order valence-electron chi connectivity index (χ4n) is 2.46. The predicted molar refractivity (Wildman–Crippen MR) is 111 cm³/mol. The second kappa shape index (κ2) is 8.64. The van der Waals surface area contributed by atoms with E-state index in [2.05, 4.69) is 16.2 Å². The number of hydrogen-bond acceptors (Lipinski definition) is 6. The summed E-state index contributed by atoms with van der Waals surface area (Å²) in [5.41, 5.74) is 5.45. The Morgan fingerprint density at radius 3 is 2.55 bits per heavy atom. The highest BCUT2D eigenvalue weighted by Crippen LogP contribution is 2.30. The molecule has 11 heteroatoms. The molecule has 1 amide bonds. The number of carbonyl (C=O) groups excluding carboxylic acids is 1. The summed E-state index contributed by atoms with van der Waals surface area (Å²) in [6.45, 7) is 0.0646. The van der Waals surface area contributed by atoms with Gasteiger partial charge in [0.05, 0.1) is 4.90 Å². The van der Waals surface area contributed by atoms with Crippen molar-refractivity contribution in [3.8, 4) is 11.5 Å². The number of hydrogen-bond donors (Lipinski definition) is 3. The number of fused-ring (bicyclic) bond motifs is 1. The van der Waals surface area contributed by atoms with Crippen LogP contribution in [0.4, 0.5) is 5.69 Å². The normalized spacial score (nSPS) is 15.5. The van der Waals surface area contributed by atoms with Crippen LogP contribution in [0.2, 0.25) is 0 Å². The van der Waals surface area contributed by atoms with Crippen LogP contribution >= 0.6 is 12.2 Å². The van der Waals surface area contributed by atoms with Crippen molar-refractivity contribution in [3.05, 3.63) is 48.5 Å². The fraction of sp³-hybridized carbons (Fsp3) is 0.222. The van der Waals surface area contributed by atoms with Gasteiger partial charge in [0.25, 0.3) is 5.91 Å². The van der Waals surface area contributed by atoms with E-state index in [1.54, 1.807) is 30.3 Å². The van der Waals surface area contributed by atoms with E-state index in [0.717, 1.165) is 4.31 Å². The molecule has 1 heterocycles. The van der Waals surface area contributed by atoms with Gasteiger partial charge in [0.15, 0.2) is 16.6 Å². The SMILES string of the molecule is CN(C)S(=O)(=O)c1cccc(NC(=S)NNC(=O)C2COc3ccccc3O2)c1. The Morgan fingerprint density at radius 2 is 1.83 bits per heavy atom. The van der Waals surface area contributed by atoms with Crippen molar-refractivity contribution in [1.82, 2.24) is 15.2 Å². The van der Waals surface area contributed by atoms with Gasteiger partial charge in [-0.25, -0.2) is 12.7 Å². The van der Waals surface area contributed by atoms with E-state index in [9.17, 15) is 13.2 Å². The monoisotopic (exact) mass is 436 g/mol. The average molecular weight is 437 g/mol. The van der Waals surface area contributed by atoms with Crippen LogP contribution in [-0.2, 0) is 14.8 Å². The molecular formula is C18H20N4O5S2. The van der Waals surface area contributed by atoms with Gasteiger partial charge in [0, 0.05) is 19.8 Å². The van der Waals surface area contributed by atoms with E-state index in [-0.39, 0.29) is 16.6 Å². The zero-order chi connectivity index (χ0) is 21.0. The van der Waals surface area contributed by atoms with Gasteiger partial charge in [-0.2, -0.15) is 0 Å². The molecule has 2 aromatic carbocycles. The summed E-state index contributed by atoms with van der Waals surface area (Å²) in [5.74, 6) is 0.598. The second-order valence-corrected chi connectivity index (χ2v) is 8.81. The van der Waals surface area contributed by atoms with E-state index in [0.29, 0.717) is 17.2 Å². The fourth-order valence-corrected chi connectivity index (χ4v) is 3.57. The van der Waals surface area contributed by atoms with Crippen molar-refractivity contribution in [2.24, 2.45) is 0 Å². The third kappa shape index (κ3) is 4.94. The summed E-state index contributed by atoms with van der Waals surface area (Å²) < 4.78 is 36.7. The molecule has 0 bridgehead atoms. The van der Waals surface area contributed by atoms with Crippen LogP contribution in [0.1, 0.15) is 0 Å². The van der Waals surface area contributed by atoms with Gasteiger partial charge in [-0.15, -0.1) is 0 Å². The van der Waals surface area contributed by atoms with Crippen molar-refractivity contribution in [1.29, 1.82) is 0 Å². The molecule has 9 nitrogen and oxygen atoms in total. The van der Waals surface area contributed by atoms with Gasteiger partial charge in [0.2, 0.25) is 16.1 Å². The number of benzene rings is 2. The lowest BCUT2D eigenvalue weighted by atomic mass is 10.2. The Balaban J connectivity index is 1.55. The van der Waals surface area contributed by atoms with Crippen LogP contribution in [0.25, 0.3) is 0 Å². The van der Waals surface area contributed by atoms with Crippen molar-refractivity contribution in [3.63, 3.8) is 0 Å². The van der Waals surface area contributed by atoms with Crippen LogP contribution in [0.3, 0.4) is 0 Å². The molecular weight excluding hydrogens is 416 g/mol. The van der Waals surface area contributed by atoms with E-state index >= 15 is 0 Å². The molecule has 2 aromatic rings. The Bertz CT molecular complexity index is 1030. The van der Waals surface area contributed by atoms with E-state index < -0.39 is 22.0 Å². The number of nitrogens with zero attached hydrogens (tertiary/aromatic N) is 1. The zero-order valence-corrected chi connectivity index (χ0v) is 17.3. The van der Waals surface area contributed by atoms with E-state index in [1.165, 1.54) is 26.2 Å². The number of anilines is 1. The lowest BCUT2D eigenvalue weighted by Gasteiger charge is -2.25. The van der Waals surface area contributed by atoms with Gasteiger partial charge < -0.3 is 14.8 Å². The first-order valence-corrected chi connectivity index (χ1v) is 10.4. The van der Waals surface area contributed by atoms with Gasteiger partial charge in [-0.05, 0) is 42.5 Å². The molecule has 1 aliphatic heterocycles. The van der Waals surface area contributed by atoms with Crippen molar-refractivity contribution >= 4 is 38.9 Å². The Hall–Kier alpha value is -2.89. The largest absolute Gasteiger partial charge is 0.485 e. The zero-order valence-electron chi connectivity index (χ0n) is 15.7. The molecule has 1 unspecified atom stereocenters. The third-order valence-corrected chi connectivity index (χ3v) is 5.99. The molecule has 1 atom stereocenters. The molecule has 0 aliphatic carbocycles. The maximum absolute atomic E-state index is 12.3. The molecule has 0 radical (unpaired) electrons. The summed E-state index contributed by atoms with van der Waals surface area (Å²) >= 11 is 5.14. The number of ether oxygens (including phenoxy) is 2. The number of sulfonamides is 1. The van der Waals surface area contributed by atoms with Crippen LogP contribution in [0.5, 0.6) is 11.5 Å². The molecule has 29 heavy (non-hydrogen) atoms. The molecule has 1 aliphatic rings. The topological polar surface area (TPSA) is 109 Å².